The van der Waals surface area contributed by atoms with Crippen LogP contribution in [0.5, 0.6) is 0 Å². The smallest absolute Gasteiger partial charge is 0.227 e. The third-order valence-corrected chi connectivity index (χ3v) is 3.03. The van der Waals surface area contributed by atoms with Gasteiger partial charge in [-0.15, -0.1) is 0 Å². The molecule has 0 unspecified atom stereocenters. The van der Waals surface area contributed by atoms with Crippen LogP contribution in [0.4, 0.5) is 0 Å². The summed E-state index contributed by atoms with van der Waals surface area (Å²) in [7, 11) is 0. The Morgan fingerprint density at radius 1 is 0.857 bits per heavy atom. The highest BCUT2D eigenvalue weighted by molar-refractivity contribution is 6.31. The van der Waals surface area contributed by atoms with Gasteiger partial charge in [0, 0.05) is 16.3 Å². The highest BCUT2D eigenvalue weighted by Crippen LogP contribution is 2.31. The Hall–Kier alpha value is -2.17. The molecule has 6 heteroatoms. The van der Waals surface area contributed by atoms with E-state index in [1.54, 1.807) is 0 Å². The second-order valence-corrected chi connectivity index (χ2v) is 4.63. The Kier molecular flexibility index (Phi) is 1.61. The van der Waals surface area contributed by atoms with Crippen LogP contribution in [0.1, 0.15) is 9.60 Å². The first kappa shape index (κ1) is 7.20. The van der Waals surface area contributed by atoms with Gasteiger partial charge in [-0.2, -0.15) is 15.0 Å². The molecule has 0 fully saturated rings. The normalized spacial score (nSPS) is 16.0. The van der Waals surface area contributed by atoms with Crippen LogP contribution < -0.4 is 0 Å². The number of para-hydroxylation sites is 1. The topological polar surface area (TPSA) is 51.8 Å². The van der Waals surface area contributed by atoms with Gasteiger partial charge < -0.3 is 4.42 Å². The Labute approximate surface area is 139 Å². The van der Waals surface area contributed by atoms with Gasteiger partial charge in [-0.05, 0) is 41.3 Å². The molecule has 4 aromatic rings. The van der Waals surface area contributed by atoms with E-state index in [0.29, 0.717) is 0 Å². The van der Waals surface area contributed by atoms with Crippen molar-refractivity contribution in [1.82, 2.24) is 15.0 Å². The second-order valence-electron chi connectivity index (χ2n) is 3.96. The molecule has 2 aromatic carbocycles. The van der Waals surface area contributed by atoms with Gasteiger partial charge in [-0.3, -0.25) is 0 Å². The summed E-state index contributed by atoms with van der Waals surface area (Å²) in [4.78, 5) is 11.3. The van der Waals surface area contributed by atoms with Gasteiger partial charge in [0.1, 0.15) is 11.2 Å². The zero-order valence-corrected chi connectivity index (χ0v) is 11.5. The molecule has 4 nitrogen and oxygen atoms in total. The lowest BCUT2D eigenvalue weighted by molar-refractivity contribution is 0.669. The summed E-state index contributed by atoms with van der Waals surface area (Å²) in [5, 5.41) is -0.646. The lowest BCUT2D eigenvalue weighted by atomic mass is 10.1. The van der Waals surface area contributed by atoms with E-state index in [1.165, 1.54) is 0 Å². The fourth-order valence-electron chi connectivity index (χ4n) is 1.85. The minimum atomic E-state index is -0.503. The summed E-state index contributed by atoms with van der Waals surface area (Å²) in [6.45, 7) is 0. The first-order chi connectivity index (χ1) is 13.1. The molecule has 102 valence electrons. The fourth-order valence-corrected chi connectivity index (χ4v) is 2.21. The number of rotatable bonds is 1. The van der Waals surface area contributed by atoms with Gasteiger partial charge in [0.2, 0.25) is 10.6 Å². The number of hydrogen-bond donors (Lipinski definition) is 0. The van der Waals surface area contributed by atoms with Gasteiger partial charge in [-0.25, -0.2) is 0 Å². The summed E-state index contributed by atoms with van der Waals surface area (Å²) in [5.41, 5.74) is -0.574. The van der Waals surface area contributed by atoms with Crippen molar-refractivity contribution in [1.29, 1.82) is 0 Å². The molecule has 0 spiro atoms. The van der Waals surface area contributed by atoms with Crippen LogP contribution >= 0.6 is 23.2 Å². The van der Waals surface area contributed by atoms with E-state index in [2.05, 4.69) is 15.0 Å². The van der Waals surface area contributed by atoms with Crippen molar-refractivity contribution in [2.24, 2.45) is 0 Å². The van der Waals surface area contributed by atoms with E-state index in [-0.39, 0.29) is 49.9 Å². The number of benzene rings is 2. The molecular weight excluding hydrogens is 309 g/mol. The molecule has 4 rings (SSSR count). The number of aromatic nitrogens is 3. The molecule has 0 radical (unpaired) electrons. The number of halogens is 2. The highest BCUT2D eigenvalue weighted by atomic mass is 35.5. The Morgan fingerprint density at radius 3 is 2.38 bits per heavy atom. The summed E-state index contributed by atoms with van der Waals surface area (Å²) in [6, 6.07) is -3.08. The van der Waals surface area contributed by atoms with E-state index in [9.17, 15) is 0 Å². The van der Waals surface area contributed by atoms with Gasteiger partial charge >= 0.3 is 0 Å². The lowest BCUT2D eigenvalue weighted by Crippen LogP contribution is -1.93. The first-order valence-corrected chi connectivity index (χ1v) is 6.38. The van der Waals surface area contributed by atoms with E-state index in [4.69, 9.17) is 37.2 Å². The number of hydrogen-bond acceptors (Lipinski definition) is 4. The fraction of sp³-hybridized carbons (Fsp3) is 0. The SMILES string of the molecule is [2H]c1c([2H])c([2H])c2c(oc3c([2H])c(-c4nc(Cl)nc(Cl)n4)c([2H])c([2H])c32)c1[2H]. The van der Waals surface area contributed by atoms with Crippen molar-refractivity contribution in [2.45, 2.75) is 0 Å². The summed E-state index contributed by atoms with van der Waals surface area (Å²) >= 11 is 11.5. The second kappa shape index (κ2) is 4.69. The molecule has 0 amide bonds. The standard InChI is InChI=1S/C15H7Cl2N3O/c16-14-18-13(19-15(17)20-14)8-5-6-10-9-3-1-2-4-11(9)21-12(10)7-8/h1-7H/i1D,2D,3D,4D,5D,6D,7D. The van der Waals surface area contributed by atoms with Crippen molar-refractivity contribution >= 4 is 45.1 Å². The largest absolute Gasteiger partial charge is 0.456 e. The van der Waals surface area contributed by atoms with E-state index in [0.717, 1.165) is 0 Å². The predicted molar refractivity (Wildman–Crippen MR) is 82.6 cm³/mol. The average molecular weight is 323 g/mol. The molecular formula is C15H7Cl2N3O. The molecule has 0 saturated carbocycles. The van der Waals surface area contributed by atoms with Gasteiger partial charge in [0.25, 0.3) is 0 Å². The molecule has 0 atom stereocenters. The van der Waals surface area contributed by atoms with Crippen molar-refractivity contribution in [3.63, 3.8) is 0 Å². The zero-order valence-electron chi connectivity index (χ0n) is 17.0. The summed E-state index contributed by atoms with van der Waals surface area (Å²) in [5.74, 6) is -0.199. The van der Waals surface area contributed by atoms with Crippen molar-refractivity contribution in [3.05, 3.63) is 52.9 Å². The number of fused-ring (bicyclic) bond motifs is 3. The molecule has 2 aromatic heterocycles. The minimum absolute atomic E-state index is 0.0630. The van der Waals surface area contributed by atoms with Crippen LogP contribution in [0.25, 0.3) is 33.3 Å². The zero-order chi connectivity index (χ0) is 20.5. The van der Waals surface area contributed by atoms with Crippen molar-refractivity contribution in [3.8, 4) is 11.4 Å². The Balaban J connectivity index is 2.22. The van der Waals surface area contributed by atoms with Crippen LogP contribution in [0.2, 0.25) is 10.6 Å². The predicted octanol–water partition coefficient (Wildman–Crippen LogP) is 4.74. The molecule has 0 aliphatic rings. The molecule has 21 heavy (non-hydrogen) atoms. The molecule has 0 N–H and O–H groups in total. The number of furan rings is 1. The highest BCUT2D eigenvalue weighted by Gasteiger charge is 2.10. The molecule has 0 saturated heterocycles. The van der Waals surface area contributed by atoms with Gasteiger partial charge in [-0.1, -0.05) is 24.2 Å². The number of nitrogens with zero attached hydrogens (tertiary/aromatic N) is 3. The maximum atomic E-state index is 8.44. The Bertz CT molecular complexity index is 1310. The van der Waals surface area contributed by atoms with E-state index in [1.807, 2.05) is 0 Å². The van der Waals surface area contributed by atoms with E-state index < -0.39 is 36.3 Å². The maximum Gasteiger partial charge on any atom is 0.227 e. The van der Waals surface area contributed by atoms with Crippen molar-refractivity contribution < 1.29 is 14.0 Å². The van der Waals surface area contributed by atoms with Crippen LogP contribution in [0.3, 0.4) is 0 Å². The van der Waals surface area contributed by atoms with Crippen LogP contribution in [-0.4, -0.2) is 15.0 Å². The lowest BCUT2D eigenvalue weighted by Gasteiger charge is -2.00. The van der Waals surface area contributed by atoms with Crippen LogP contribution in [0.15, 0.2) is 46.7 Å². The molecule has 0 aliphatic heterocycles. The molecule has 2 heterocycles. The third-order valence-electron chi connectivity index (χ3n) is 2.69. The maximum absolute atomic E-state index is 8.44. The Morgan fingerprint density at radius 2 is 1.57 bits per heavy atom. The minimum Gasteiger partial charge on any atom is -0.456 e. The van der Waals surface area contributed by atoms with Crippen LogP contribution in [-0.2, 0) is 0 Å². The monoisotopic (exact) mass is 322 g/mol. The van der Waals surface area contributed by atoms with Gasteiger partial charge in [0.05, 0.1) is 9.60 Å². The molecule has 0 aliphatic carbocycles. The van der Waals surface area contributed by atoms with Crippen molar-refractivity contribution in [2.75, 3.05) is 0 Å². The van der Waals surface area contributed by atoms with E-state index >= 15 is 0 Å². The van der Waals surface area contributed by atoms with Crippen LogP contribution in [0, 0.1) is 0 Å². The summed E-state index contributed by atoms with van der Waals surface area (Å²) in [6.07, 6.45) is 0. The average Bonchev–Trinajstić information content (AvgIpc) is 3.03. The summed E-state index contributed by atoms with van der Waals surface area (Å²) < 4.78 is 62.4. The quantitative estimate of drug-likeness (QED) is 0.507. The first-order valence-electron chi connectivity index (χ1n) is 9.13. The third kappa shape index (κ3) is 2.13. The van der Waals surface area contributed by atoms with Gasteiger partial charge in [0.15, 0.2) is 5.82 Å². The molecule has 0 bridgehead atoms.